The van der Waals surface area contributed by atoms with Gasteiger partial charge >= 0.3 is 6.18 Å². The Balaban J connectivity index is 1.89. The number of hydrogen-bond acceptors (Lipinski definition) is 2. The molecule has 1 heterocycles. The Morgan fingerprint density at radius 1 is 1.00 bits per heavy atom. The summed E-state index contributed by atoms with van der Waals surface area (Å²) in [6.45, 7) is 6.58. The van der Waals surface area contributed by atoms with E-state index in [2.05, 4.69) is 24.0 Å². The Morgan fingerprint density at radius 3 is 2.19 bits per heavy atom. The number of benzene rings is 1. The van der Waals surface area contributed by atoms with Crippen LogP contribution in [0.3, 0.4) is 0 Å². The van der Waals surface area contributed by atoms with Gasteiger partial charge in [0.15, 0.2) is 0 Å². The minimum absolute atomic E-state index is 0.105. The predicted molar refractivity (Wildman–Crippen MR) is 78.0 cm³/mol. The highest BCUT2D eigenvalue weighted by Crippen LogP contribution is 2.23. The fourth-order valence-electron chi connectivity index (χ4n) is 2.89. The van der Waals surface area contributed by atoms with E-state index >= 15 is 0 Å². The Labute approximate surface area is 124 Å². The van der Waals surface area contributed by atoms with E-state index in [1.807, 2.05) is 30.0 Å². The van der Waals surface area contributed by atoms with Crippen molar-refractivity contribution in [2.75, 3.05) is 19.6 Å². The molecule has 0 unspecified atom stereocenters. The van der Waals surface area contributed by atoms with Crippen LogP contribution in [-0.4, -0.2) is 47.7 Å². The molecule has 5 heteroatoms. The van der Waals surface area contributed by atoms with E-state index in [-0.39, 0.29) is 18.6 Å². The molecule has 0 N–H and O–H groups in total. The SMILES string of the molecule is C[C@@H]1CN(Cc2ccccc2)[C@@H](C)CN1CCC(F)(F)F. The van der Waals surface area contributed by atoms with Crippen LogP contribution in [0.1, 0.15) is 25.8 Å². The summed E-state index contributed by atoms with van der Waals surface area (Å²) < 4.78 is 37.1. The molecule has 21 heavy (non-hydrogen) atoms. The summed E-state index contributed by atoms with van der Waals surface area (Å²) in [5, 5.41) is 0. The zero-order chi connectivity index (χ0) is 15.5. The Hall–Kier alpha value is -1.07. The van der Waals surface area contributed by atoms with Crippen LogP contribution in [0.15, 0.2) is 30.3 Å². The minimum atomic E-state index is -4.07. The molecule has 0 aromatic heterocycles. The molecule has 0 saturated carbocycles. The highest BCUT2D eigenvalue weighted by atomic mass is 19.4. The summed E-state index contributed by atoms with van der Waals surface area (Å²) in [6, 6.07) is 10.6. The van der Waals surface area contributed by atoms with Crippen molar-refractivity contribution in [2.24, 2.45) is 0 Å². The topological polar surface area (TPSA) is 6.48 Å². The molecule has 1 fully saturated rings. The second-order valence-electron chi connectivity index (χ2n) is 5.97. The van der Waals surface area contributed by atoms with Gasteiger partial charge in [-0.2, -0.15) is 13.2 Å². The fourth-order valence-corrected chi connectivity index (χ4v) is 2.89. The first-order valence-corrected chi connectivity index (χ1v) is 7.44. The van der Waals surface area contributed by atoms with E-state index in [0.717, 1.165) is 13.1 Å². The highest BCUT2D eigenvalue weighted by Gasteiger charge is 2.33. The molecule has 2 atom stereocenters. The Bertz CT molecular complexity index is 433. The smallest absolute Gasteiger partial charge is 0.298 e. The van der Waals surface area contributed by atoms with Crippen LogP contribution in [0.4, 0.5) is 13.2 Å². The van der Waals surface area contributed by atoms with Crippen molar-refractivity contribution in [2.45, 2.75) is 45.1 Å². The normalized spacial score (nSPS) is 25.2. The average Bonchev–Trinajstić information content (AvgIpc) is 2.41. The van der Waals surface area contributed by atoms with Gasteiger partial charge in [0, 0.05) is 38.3 Å². The molecule has 0 amide bonds. The molecular weight excluding hydrogens is 277 g/mol. The lowest BCUT2D eigenvalue weighted by Crippen LogP contribution is -2.56. The predicted octanol–water partition coefficient (Wildman–Crippen LogP) is 3.53. The molecule has 2 rings (SSSR count). The fraction of sp³-hybridized carbons (Fsp3) is 0.625. The van der Waals surface area contributed by atoms with E-state index in [9.17, 15) is 13.2 Å². The summed E-state index contributed by atoms with van der Waals surface area (Å²) in [7, 11) is 0. The zero-order valence-electron chi connectivity index (χ0n) is 12.6. The zero-order valence-corrected chi connectivity index (χ0v) is 12.6. The quantitative estimate of drug-likeness (QED) is 0.839. The maximum absolute atomic E-state index is 12.4. The van der Waals surface area contributed by atoms with E-state index in [1.165, 1.54) is 5.56 Å². The van der Waals surface area contributed by atoms with Crippen LogP contribution in [0.25, 0.3) is 0 Å². The van der Waals surface area contributed by atoms with E-state index in [0.29, 0.717) is 6.54 Å². The summed E-state index contributed by atoms with van der Waals surface area (Å²) in [4.78, 5) is 4.31. The van der Waals surface area contributed by atoms with Gasteiger partial charge in [-0.15, -0.1) is 0 Å². The molecule has 2 nitrogen and oxygen atoms in total. The van der Waals surface area contributed by atoms with Gasteiger partial charge in [0.05, 0.1) is 6.42 Å². The van der Waals surface area contributed by atoms with E-state index in [4.69, 9.17) is 0 Å². The molecule has 0 spiro atoms. The van der Waals surface area contributed by atoms with Gasteiger partial charge in [-0.25, -0.2) is 0 Å². The van der Waals surface area contributed by atoms with Gasteiger partial charge in [-0.05, 0) is 19.4 Å². The number of nitrogens with zero attached hydrogens (tertiary/aromatic N) is 2. The van der Waals surface area contributed by atoms with Crippen molar-refractivity contribution >= 4 is 0 Å². The van der Waals surface area contributed by atoms with Gasteiger partial charge < -0.3 is 0 Å². The van der Waals surface area contributed by atoms with Gasteiger partial charge in [-0.3, -0.25) is 9.80 Å². The molecule has 0 bridgehead atoms. The molecule has 118 valence electrons. The van der Waals surface area contributed by atoms with Crippen molar-refractivity contribution in [1.29, 1.82) is 0 Å². The van der Waals surface area contributed by atoms with Crippen LogP contribution in [0.2, 0.25) is 0 Å². The van der Waals surface area contributed by atoms with E-state index < -0.39 is 12.6 Å². The van der Waals surface area contributed by atoms with Crippen LogP contribution < -0.4 is 0 Å². The van der Waals surface area contributed by atoms with Crippen LogP contribution in [0, 0.1) is 0 Å². The van der Waals surface area contributed by atoms with Crippen LogP contribution in [0.5, 0.6) is 0 Å². The minimum Gasteiger partial charge on any atom is -0.298 e. The highest BCUT2D eigenvalue weighted by molar-refractivity contribution is 5.14. The summed E-state index contributed by atoms with van der Waals surface area (Å²) >= 11 is 0. The van der Waals surface area contributed by atoms with Crippen molar-refractivity contribution < 1.29 is 13.2 Å². The number of piperazine rings is 1. The monoisotopic (exact) mass is 300 g/mol. The first-order chi connectivity index (χ1) is 9.85. The lowest BCUT2D eigenvalue weighted by molar-refractivity contribution is -0.141. The number of halogens is 3. The van der Waals surface area contributed by atoms with Crippen LogP contribution >= 0.6 is 0 Å². The van der Waals surface area contributed by atoms with Gasteiger partial charge in [-0.1, -0.05) is 30.3 Å². The first kappa shape index (κ1) is 16.3. The summed E-state index contributed by atoms with van der Waals surface area (Å²) in [5.41, 5.74) is 1.25. The van der Waals surface area contributed by atoms with Crippen LogP contribution in [-0.2, 0) is 6.54 Å². The Morgan fingerprint density at radius 2 is 1.57 bits per heavy atom. The second-order valence-corrected chi connectivity index (χ2v) is 5.97. The third kappa shape index (κ3) is 5.00. The van der Waals surface area contributed by atoms with Gasteiger partial charge in [0.25, 0.3) is 0 Å². The number of alkyl halides is 3. The van der Waals surface area contributed by atoms with Gasteiger partial charge in [0.1, 0.15) is 0 Å². The lowest BCUT2D eigenvalue weighted by Gasteiger charge is -2.44. The van der Waals surface area contributed by atoms with Crippen molar-refractivity contribution in [3.05, 3.63) is 35.9 Å². The first-order valence-electron chi connectivity index (χ1n) is 7.44. The van der Waals surface area contributed by atoms with Gasteiger partial charge in [0.2, 0.25) is 0 Å². The maximum Gasteiger partial charge on any atom is 0.390 e. The molecule has 0 aliphatic carbocycles. The van der Waals surface area contributed by atoms with Crippen molar-refractivity contribution in [3.8, 4) is 0 Å². The average molecular weight is 300 g/mol. The second kappa shape index (κ2) is 6.79. The third-order valence-electron chi connectivity index (χ3n) is 4.16. The molecule has 1 aliphatic heterocycles. The molecule has 1 aromatic rings. The largest absolute Gasteiger partial charge is 0.390 e. The standard InChI is InChI=1S/C16H23F3N2/c1-13-11-21(12-15-6-4-3-5-7-15)14(2)10-20(13)9-8-16(17,18)19/h3-7,13-14H,8-12H2,1-2H3/t13-,14+/m1/s1. The molecule has 1 aliphatic rings. The lowest BCUT2D eigenvalue weighted by atomic mass is 10.1. The number of rotatable bonds is 4. The van der Waals surface area contributed by atoms with Crippen molar-refractivity contribution in [3.63, 3.8) is 0 Å². The summed E-state index contributed by atoms with van der Waals surface area (Å²) in [6.07, 6.45) is -4.78. The molecular formula is C16H23F3N2. The van der Waals surface area contributed by atoms with Crippen molar-refractivity contribution in [1.82, 2.24) is 9.80 Å². The summed E-state index contributed by atoms with van der Waals surface area (Å²) in [5.74, 6) is 0. The Kier molecular flexibility index (Phi) is 5.27. The third-order valence-corrected chi connectivity index (χ3v) is 4.16. The molecule has 1 saturated heterocycles. The number of hydrogen-bond donors (Lipinski definition) is 0. The maximum atomic E-state index is 12.4. The van der Waals surface area contributed by atoms with E-state index in [1.54, 1.807) is 0 Å². The molecule has 0 radical (unpaired) electrons. The molecule has 1 aromatic carbocycles.